The first-order valence-corrected chi connectivity index (χ1v) is 7.27. The van der Waals surface area contributed by atoms with Gasteiger partial charge in [-0.15, -0.1) is 0 Å². The van der Waals surface area contributed by atoms with Gasteiger partial charge < -0.3 is 19.4 Å². The van der Waals surface area contributed by atoms with Crippen LogP contribution < -0.4 is 5.32 Å². The van der Waals surface area contributed by atoms with Crippen LogP contribution in [-0.4, -0.2) is 44.2 Å². The Bertz CT molecular complexity index is 425. The fraction of sp³-hybridized carbons (Fsp3) is 0.667. The van der Waals surface area contributed by atoms with Crippen LogP contribution in [0.1, 0.15) is 41.8 Å². The molecule has 0 aromatic carbocycles. The number of rotatable bonds is 7. The van der Waals surface area contributed by atoms with E-state index in [9.17, 15) is 4.79 Å². The van der Waals surface area contributed by atoms with Crippen LogP contribution in [0.4, 0.5) is 0 Å². The lowest BCUT2D eigenvalue weighted by Crippen LogP contribution is -2.35. The van der Waals surface area contributed by atoms with Gasteiger partial charge in [-0.2, -0.15) is 0 Å². The van der Waals surface area contributed by atoms with Gasteiger partial charge in [0.05, 0.1) is 19.2 Å². The van der Waals surface area contributed by atoms with Gasteiger partial charge in [-0.25, -0.2) is 4.79 Å². The average Bonchev–Trinajstić information content (AvgIpc) is 3.13. The third kappa shape index (κ3) is 4.08. The van der Waals surface area contributed by atoms with Gasteiger partial charge >= 0.3 is 5.97 Å². The van der Waals surface area contributed by atoms with Crippen molar-refractivity contribution in [3.05, 3.63) is 23.7 Å². The molecule has 1 aromatic rings. The van der Waals surface area contributed by atoms with Crippen molar-refractivity contribution in [2.24, 2.45) is 0 Å². The van der Waals surface area contributed by atoms with Gasteiger partial charge in [0.1, 0.15) is 12.0 Å². The van der Waals surface area contributed by atoms with Crippen LogP contribution in [0.15, 0.2) is 16.7 Å². The molecule has 0 spiro atoms. The number of hydrogen-bond donors (Lipinski definition) is 1. The number of ether oxygens (including phenoxy) is 1. The van der Waals surface area contributed by atoms with Gasteiger partial charge in [-0.3, -0.25) is 0 Å². The van der Waals surface area contributed by atoms with E-state index in [0.717, 1.165) is 24.9 Å². The lowest BCUT2D eigenvalue weighted by molar-refractivity contribution is 0.0600. The standard InChI is InChI=1S/C15H24N2O3/c1-17(13-5-3-4-6-13)8-7-16-10-14-9-12(11-20-14)15(18)19-2/h9,11,13,16H,3-8,10H2,1-2H3. The van der Waals surface area contributed by atoms with Gasteiger partial charge in [0.15, 0.2) is 0 Å². The van der Waals surface area contributed by atoms with Crippen molar-refractivity contribution in [2.75, 3.05) is 27.2 Å². The van der Waals surface area contributed by atoms with Crippen molar-refractivity contribution < 1.29 is 13.9 Å². The third-order valence-corrected chi connectivity index (χ3v) is 3.96. The number of carbonyl (C=O) groups is 1. The lowest BCUT2D eigenvalue weighted by atomic mass is 10.2. The molecular weight excluding hydrogens is 256 g/mol. The maximum absolute atomic E-state index is 11.3. The fourth-order valence-corrected chi connectivity index (χ4v) is 2.69. The Labute approximate surface area is 120 Å². The Balaban J connectivity index is 1.65. The Kier molecular flexibility index (Phi) is 5.61. The Hall–Kier alpha value is -1.33. The molecule has 1 N–H and O–H groups in total. The quantitative estimate of drug-likeness (QED) is 0.612. The Morgan fingerprint density at radius 1 is 1.50 bits per heavy atom. The zero-order valence-corrected chi connectivity index (χ0v) is 12.4. The van der Waals surface area contributed by atoms with E-state index in [1.54, 1.807) is 6.07 Å². The SMILES string of the molecule is COC(=O)c1coc(CNCCN(C)C2CCCC2)c1. The molecule has 5 nitrogen and oxygen atoms in total. The van der Waals surface area contributed by atoms with Crippen LogP contribution in [0.5, 0.6) is 0 Å². The van der Waals surface area contributed by atoms with Crippen molar-refractivity contribution >= 4 is 5.97 Å². The second-order valence-electron chi connectivity index (χ2n) is 5.39. The minimum Gasteiger partial charge on any atom is -0.467 e. The number of esters is 1. The van der Waals surface area contributed by atoms with E-state index in [1.807, 2.05) is 0 Å². The van der Waals surface area contributed by atoms with Crippen molar-refractivity contribution in [1.29, 1.82) is 0 Å². The average molecular weight is 280 g/mol. The van der Waals surface area contributed by atoms with Crippen LogP contribution in [0.3, 0.4) is 0 Å². The number of furan rings is 1. The highest BCUT2D eigenvalue weighted by molar-refractivity contribution is 5.88. The number of hydrogen-bond acceptors (Lipinski definition) is 5. The molecule has 0 atom stereocenters. The summed E-state index contributed by atoms with van der Waals surface area (Å²) in [7, 11) is 3.56. The van der Waals surface area contributed by atoms with Gasteiger partial charge in [-0.05, 0) is 26.0 Å². The molecule has 112 valence electrons. The number of carbonyl (C=O) groups excluding carboxylic acids is 1. The molecule has 20 heavy (non-hydrogen) atoms. The Morgan fingerprint density at radius 2 is 2.25 bits per heavy atom. The van der Waals surface area contributed by atoms with E-state index in [1.165, 1.54) is 39.1 Å². The van der Waals surface area contributed by atoms with Crippen LogP contribution in [0, 0.1) is 0 Å². The summed E-state index contributed by atoms with van der Waals surface area (Å²) in [6.07, 6.45) is 6.83. The van der Waals surface area contributed by atoms with Gasteiger partial charge in [0.25, 0.3) is 0 Å². The highest BCUT2D eigenvalue weighted by Gasteiger charge is 2.18. The molecule has 1 aliphatic carbocycles. The third-order valence-electron chi connectivity index (χ3n) is 3.96. The first-order chi connectivity index (χ1) is 9.70. The summed E-state index contributed by atoms with van der Waals surface area (Å²) in [6.45, 7) is 2.59. The predicted molar refractivity (Wildman–Crippen MR) is 76.6 cm³/mol. The van der Waals surface area contributed by atoms with Crippen LogP contribution in [0.25, 0.3) is 0 Å². The summed E-state index contributed by atoms with van der Waals surface area (Å²) >= 11 is 0. The topological polar surface area (TPSA) is 54.7 Å². The second-order valence-corrected chi connectivity index (χ2v) is 5.39. The van der Waals surface area contributed by atoms with Crippen molar-refractivity contribution in [1.82, 2.24) is 10.2 Å². The summed E-state index contributed by atoms with van der Waals surface area (Å²) in [6, 6.07) is 2.48. The molecule has 0 aliphatic heterocycles. The zero-order chi connectivity index (χ0) is 14.4. The largest absolute Gasteiger partial charge is 0.467 e. The fourth-order valence-electron chi connectivity index (χ4n) is 2.69. The molecule has 1 heterocycles. The molecule has 0 saturated heterocycles. The molecule has 0 unspecified atom stereocenters. The van der Waals surface area contributed by atoms with Crippen molar-refractivity contribution in [3.8, 4) is 0 Å². The summed E-state index contributed by atoms with van der Waals surface area (Å²) in [5.74, 6) is 0.398. The normalized spacial score (nSPS) is 15.9. The molecule has 0 radical (unpaired) electrons. The minimum atomic E-state index is -0.360. The van der Waals surface area contributed by atoms with Gasteiger partial charge in [0.2, 0.25) is 0 Å². The summed E-state index contributed by atoms with van der Waals surface area (Å²) in [4.78, 5) is 13.7. The maximum Gasteiger partial charge on any atom is 0.341 e. The molecule has 1 aliphatic rings. The van der Waals surface area contributed by atoms with E-state index in [-0.39, 0.29) is 5.97 Å². The van der Waals surface area contributed by atoms with Crippen LogP contribution in [-0.2, 0) is 11.3 Å². The van der Waals surface area contributed by atoms with Gasteiger partial charge in [-0.1, -0.05) is 12.8 Å². The summed E-state index contributed by atoms with van der Waals surface area (Å²) in [5, 5.41) is 3.34. The number of methoxy groups -OCH3 is 1. The highest BCUT2D eigenvalue weighted by atomic mass is 16.5. The smallest absolute Gasteiger partial charge is 0.341 e. The van der Waals surface area contributed by atoms with E-state index in [2.05, 4.69) is 22.0 Å². The van der Waals surface area contributed by atoms with Crippen molar-refractivity contribution in [2.45, 2.75) is 38.3 Å². The molecule has 5 heteroatoms. The van der Waals surface area contributed by atoms with E-state index >= 15 is 0 Å². The summed E-state index contributed by atoms with van der Waals surface area (Å²) in [5.41, 5.74) is 0.465. The molecule has 0 amide bonds. The minimum absolute atomic E-state index is 0.360. The second kappa shape index (κ2) is 7.45. The molecule has 2 rings (SSSR count). The van der Waals surface area contributed by atoms with Crippen LogP contribution in [0.2, 0.25) is 0 Å². The van der Waals surface area contributed by atoms with Gasteiger partial charge in [0, 0.05) is 19.1 Å². The molecule has 1 fully saturated rings. The van der Waals surface area contributed by atoms with E-state index in [4.69, 9.17) is 4.42 Å². The lowest BCUT2D eigenvalue weighted by Gasteiger charge is -2.23. The number of nitrogens with zero attached hydrogens (tertiary/aromatic N) is 1. The predicted octanol–water partition coefficient (Wildman–Crippen LogP) is 2.03. The first-order valence-electron chi connectivity index (χ1n) is 7.27. The monoisotopic (exact) mass is 280 g/mol. The highest BCUT2D eigenvalue weighted by Crippen LogP contribution is 2.21. The van der Waals surface area contributed by atoms with Crippen molar-refractivity contribution in [3.63, 3.8) is 0 Å². The van der Waals surface area contributed by atoms with E-state index in [0.29, 0.717) is 12.1 Å². The molecule has 0 bridgehead atoms. The maximum atomic E-state index is 11.3. The molecule has 1 aromatic heterocycles. The molecular formula is C15H24N2O3. The Morgan fingerprint density at radius 3 is 2.95 bits per heavy atom. The van der Waals surface area contributed by atoms with Crippen LogP contribution >= 0.6 is 0 Å². The first kappa shape index (κ1) is 15.1. The zero-order valence-electron chi connectivity index (χ0n) is 12.4. The summed E-state index contributed by atoms with van der Waals surface area (Å²) < 4.78 is 9.96. The molecule has 1 saturated carbocycles. The number of likely N-dealkylation sites (N-methyl/N-ethyl adjacent to an activating group) is 1. The van der Waals surface area contributed by atoms with E-state index < -0.39 is 0 Å². The number of nitrogens with one attached hydrogen (secondary N) is 1.